The Morgan fingerprint density at radius 1 is 1.15 bits per heavy atom. The van der Waals surface area contributed by atoms with Gasteiger partial charge >= 0.3 is 0 Å². The predicted octanol–water partition coefficient (Wildman–Crippen LogP) is 3.27. The maximum absolute atomic E-state index is 12.4. The molecule has 3 nitrogen and oxygen atoms in total. The topological polar surface area (TPSA) is 49.3 Å². The Labute approximate surface area is 122 Å². The molecule has 0 aliphatic heterocycles. The molecular weight excluding hydrogens is 250 g/mol. The predicted molar refractivity (Wildman–Crippen MR) is 83.0 cm³/mol. The van der Waals surface area contributed by atoms with E-state index in [1.54, 1.807) is 0 Å². The number of benzene rings is 1. The smallest absolute Gasteiger partial charge is 0.251 e. The summed E-state index contributed by atoms with van der Waals surface area (Å²) in [5.74, 6) is -0.115. The molecule has 3 heteroatoms. The lowest BCUT2D eigenvalue weighted by molar-refractivity contribution is 0.0313. The summed E-state index contributed by atoms with van der Waals surface area (Å²) in [7, 11) is 0. The van der Waals surface area contributed by atoms with E-state index in [4.69, 9.17) is 0 Å². The van der Waals surface area contributed by atoms with Gasteiger partial charge in [-0.15, -0.1) is 0 Å². The van der Waals surface area contributed by atoms with Crippen LogP contribution in [0.5, 0.6) is 0 Å². The van der Waals surface area contributed by atoms with Crippen molar-refractivity contribution in [1.29, 1.82) is 0 Å². The van der Waals surface area contributed by atoms with Crippen LogP contribution >= 0.6 is 0 Å². The molecule has 0 radical (unpaired) electrons. The van der Waals surface area contributed by atoms with E-state index in [1.807, 2.05) is 38.1 Å². The van der Waals surface area contributed by atoms with E-state index in [0.29, 0.717) is 18.4 Å². The second kappa shape index (κ2) is 6.40. The minimum atomic E-state index is -0.813. The molecule has 0 unspecified atom stereocenters. The Bertz CT molecular complexity index is 456. The minimum absolute atomic E-state index is 0.0836. The monoisotopic (exact) mass is 277 g/mol. The van der Waals surface area contributed by atoms with Crippen LogP contribution in [0.2, 0.25) is 0 Å². The Balaban J connectivity index is 2.89. The number of rotatable bonds is 5. The van der Waals surface area contributed by atoms with Gasteiger partial charge in [-0.1, -0.05) is 52.8 Å². The lowest BCUT2D eigenvalue weighted by Gasteiger charge is -2.26. The van der Waals surface area contributed by atoms with Crippen molar-refractivity contribution in [3.8, 4) is 0 Å². The van der Waals surface area contributed by atoms with Gasteiger partial charge < -0.3 is 10.4 Å². The molecule has 112 valence electrons. The van der Waals surface area contributed by atoms with Gasteiger partial charge in [0.15, 0.2) is 0 Å². The van der Waals surface area contributed by atoms with E-state index in [0.717, 1.165) is 5.56 Å². The minimum Gasteiger partial charge on any atom is -0.388 e. The van der Waals surface area contributed by atoms with E-state index in [-0.39, 0.29) is 17.9 Å². The Morgan fingerprint density at radius 2 is 1.70 bits per heavy atom. The molecule has 0 heterocycles. The lowest BCUT2D eigenvalue weighted by Crippen LogP contribution is -2.42. The number of hydrogen-bond acceptors (Lipinski definition) is 2. The van der Waals surface area contributed by atoms with Gasteiger partial charge in [0.25, 0.3) is 5.91 Å². The van der Waals surface area contributed by atoms with Gasteiger partial charge in [-0.3, -0.25) is 4.79 Å². The molecule has 1 aromatic rings. The zero-order chi connectivity index (χ0) is 15.4. The summed E-state index contributed by atoms with van der Waals surface area (Å²) < 4.78 is 0. The van der Waals surface area contributed by atoms with E-state index in [1.165, 1.54) is 0 Å². The molecule has 0 saturated carbocycles. The summed E-state index contributed by atoms with van der Waals surface area (Å²) in [4.78, 5) is 12.4. The third-order valence-corrected chi connectivity index (χ3v) is 3.87. The van der Waals surface area contributed by atoms with Crippen LogP contribution in [0.3, 0.4) is 0 Å². The standard InChI is InChI=1S/C17H27NO2/c1-6-17(20,7-2)12-18-15(19)13-10-8-9-11-14(13)16(3,4)5/h8-11,20H,6-7,12H2,1-5H3,(H,18,19). The fraction of sp³-hybridized carbons (Fsp3) is 0.588. The number of nitrogens with one attached hydrogen (secondary N) is 1. The van der Waals surface area contributed by atoms with Crippen LogP contribution in [0, 0.1) is 0 Å². The highest BCUT2D eigenvalue weighted by Gasteiger charge is 2.25. The Morgan fingerprint density at radius 3 is 2.20 bits per heavy atom. The Hall–Kier alpha value is -1.35. The molecule has 0 saturated heterocycles. The first-order valence-electron chi connectivity index (χ1n) is 7.33. The second-order valence-corrected chi connectivity index (χ2v) is 6.41. The summed E-state index contributed by atoms with van der Waals surface area (Å²) >= 11 is 0. The highest BCUT2D eigenvalue weighted by molar-refractivity contribution is 5.96. The maximum atomic E-state index is 12.4. The van der Waals surface area contributed by atoms with Gasteiger partial charge in [-0.25, -0.2) is 0 Å². The van der Waals surface area contributed by atoms with Gasteiger partial charge in [-0.05, 0) is 29.9 Å². The molecule has 0 fully saturated rings. The molecule has 0 aromatic heterocycles. The quantitative estimate of drug-likeness (QED) is 0.868. The highest BCUT2D eigenvalue weighted by Crippen LogP contribution is 2.25. The number of hydrogen-bond donors (Lipinski definition) is 2. The third kappa shape index (κ3) is 4.07. The van der Waals surface area contributed by atoms with Crippen LogP contribution < -0.4 is 5.32 Å². The largest absolute Gasteiger partial charge is 0.388 e. The lowest BCUT2D eigenvalue weighted by atomic mass is 9.83. The van der Waals surface area contributed by atoms with Crippen molar-refractivity contribution in [3.05, 3.63) is 35.4 Å². The van der Waals surface area contributed by atoms with Crippen molar-refractivity contribution < 1.29 is 9.90 Å². The maximum Gasteiger partial charge on any atom is 0.251 e. The highest BCUT2D eigenvalue weighted by atomic mass is 16.3. The van der Waals surface area contributed by atoms with Crippen molar-refractivity contribution in [2.45, 2.75) is 58.5 Å². The number of amides is 1. The third-order valence-electron chi connectivity index (χ3n) is 3.87. The molecule has 1 aromatic carbocycles. The molecule has 0 aliphatic carbocycles. The van der Waals surface area contributed by atoms with Gasteiger partial charge in [0, 0.05) is 12.1 Å². The first-order chi connectivity index (χ1) is 9.23. The van der Waals surface area contributed by atoms with Crippen molar-refractivity contribution in [2.24, 2.45) is 0 Å². The fourth-order valence-electron chi connectivity index (χ4n) is 2.18. The van der Waals surface area contributed by atoms with E-state index < -0.39 is 5.60 Å². The normalized spacial score (nSPS) is 12.3. The zero-order valence-corrected chi connectivity index (χ0v) is 13.3. The number of aliphatic hydroxyl groups is 1. The summed E-state index contributed by atoms with van der Waals surface area (Å²) in [6.45, 7) is 10.4. The second-order valence-electron chi connectivity index (χ2n) is 6.41. The molecule has 0 bridgehead atoms. The van der Waals surface area contributed by atoms with Gasteiger partial charge in [-0.2, -0.15) is 0 Å². The van der Waals surface area contributed by atoms with Crippen LogP contribution in [-0.4, -0.2) is 23.2 Å². The molecule has 20 heavy (non-hydrogen) atoms. The van der Waals surface area contributed by atoms with Crippen LogP contribution in [0.4, 0.5) is 0 Å². The molecule has 0 aliphatic rings. The first-order valence-corrected chi connectivity index (χ1v) is 7.33. The zero-order valence-electron chi connectivity index (χ0n) is 13.3. The summed E-state index contributed by atoms with van der Waals surface area (Å²) in [5.41, 5.74) is 0.815. The van der Waals surface area contributed by atoms with E-state index in [9.17, 15) is 9.90 Å². The van der Waals surface area contributed by atoms with Crippen LogP contribution in [0.1, 0.15) is 63.4 Å². The van der Waals surface area contributed by atoms with E-state index >= 15 is 0 Å². The number of carbonyl (C=O) groups is 1. The summed E-state index contributed by atoms with van der Waals surface area (Å²) in [5, 5.41) is 13.1. The van der Waals surface area contributed by atoms with Gasteiger partial charge in [0.2, 0.25) is 0 Å². The van der Waals surface area contributed by atoms with Crippen LogP contribution in [-0.2, 0) is 5.41 Å². The van der Waals surface area contributed by atoms with Gasteiger partial charge in [0.05, 0.1) is 5.60 Å². The van der Waals surface area contributed by atoms with Crippen molar-refractivity contribution >= 4 is 5.91 Å². The van der Waals surface area contributed by atoms with Crippen molar-refractivity contribution in [1.82, 2.24) is 5.32 Å². The van der Waals surface area contributed by atoms with Crippen molar-refractivity contribution in [2.75, 3.05) is 6.54 Å². The Kier molecular flexibility index (Phi) is 5.35. The molecule has 0 atom stereocenters. The average Bonchev–Trinajstić information content (AvgIpc) is 2.43. The SMILES string of the molecule is CCC(O)(CC)CNC(=O)c1ccccc1C(C)(C)C. The molecule has 1 amide bonds. The molecule has 1 rings (SSSR count). The van der Waals surface area contributed by atoms with Gasteiger partial charge in [0.1, 0.15) is 0 Å². The van der Waals surface area contributed by atoms with E-state index in [2.05, 4.69) is 26.1 Å². The summed E-state index contributed by atoms with van der Waals surface area (Å²) in [6, 6.07) is 7.65. The first kappa shape index (κ1) is 16.7. The molecule has 2 N–H and O–H groups in total. The fourth-order valence-corrected chi connectivity index (χ4v) is 2.18. The van der Waals surface area contributed by atoms with Crippen molar-refractivity contribution in [3.63, 3.8) is 0 Å². The molecular formula is C17H27NO2. The summed E-state index contributed by atoms with van der Waals surface area (Å²) in [6.07, 6.45) is 1.26. The average molecular weight is 277 g/mol. The van der Waals surface area contributed by atoms with Crippen LogP contribution in [0.15, 0.2) is 24.3 Å². The molecule has 0 spiro atoms. The van der Waals surface area contributed by atoms with Crippen LogP contribution in [0.25, 0.3) is 0 Å². The number of carbonyl (C=O) groups excluding carboxylic acids is 1.